The fourth-order valence-corrected chi connectivity index (χ4v) is 3.53. The van der Waals surface area contributed by atoms with E-state index >= 15 is 0 Å². The second kappa shape index (κ2) is 14.7. The minimum absolute atomic E-state index is 0.291. The van der Waals surface area contributed by atoms with Crippen molar-refractivity contribution >= 4 is 5.97 Å². The second-order valence-electron chi connectivity index (χ2n) is 8.63. The van der Waals surface area contributed by atoms with Gasteiger partial charge in [0.2, 0.25) is 0 Å². The summed E-state index contributed by atoms with van der Waals surface area (Å²) in [5.74, 6) is 0.389. The number of esters is 1. The quantitative estimate of drug-likeness (QED) is 0.206. The van der Waals surface area contributed by atoms with E-state index in [2.05, 4.69) is 20.8 Å². The van der Waals surface area contributed by atoms with E-state index in [0.717, 1.165) is 55.6 Å². The van der Waals surface area contributed by atoms with Gasteiger partial charge in [0, 0.05) is 0 Å². The molecule has 2 aromatic rings. The molecule has 0 aliphatic rings. The van der Waals surface area contributed by atoms with Gasteiger partial charge in [-0.15, -0.1) is 0 Å². The number of ether oxygens (including phenoxy) is 2. The van der Waals surface area contributed by atoms with Gasteiger partial charge in [-0.1, -0.05) is 83.9 Å². The van der Waals surface area contributed by atoms with Gasteiger partial charge in [-0.2, -0.15) is 0 Å². The highest BCUT2D eigenvalue weighted by molar-refractivity contribution is 5.90. The van der Waals surface area contributed by atoms with Crippen LogP contribution >= 0.6 is 0 Å². The SMILES string of the molecule is CCCCCCOC(=O)c1ccc(-c2ccc(OCCCCC[C@@H](C)CC)c(F)c2)cc1. The van der Waals surface area contributed by atoms with Gasteiger partial charge in [0.15, 0.2) is 11.6 Å². The van der Waals surface area contributed by atoms with Crippen molar-refractivity contribution in [2.24, 2.45) is 5.92 Å². The molecule has 0 aliphatic heterocycles. The summed E-state index contributed by atoms with van der Waals surface area (Å²) in [6, 6.07) is 12.1. The maximum Gasteiger partial charge on any atom is 0.338 e. The van der Waals surface area contributed by atoms with Crippen molar-refractivity contribution in [3.05, 3.63) is 53.8 Å². The van der Waals surface area contributed by atoms with Crippen molar-refractivity contribution in [2.75, 3.05) is 13.2 Å². The number of carbonyl (C=O) groups excluding carboxylic acids is 1. The van der Waals surface area contributed by atoms with Crippen molar-refractivity contribution < 1.29 is 18.7 Å². The standard InChI is InChI=1S/C28H39FO3/c1-4-6-7-10-20-32-28(30)24-15-13-23(14-16-24)25-17-18-27(26(29)21-25)31-19-11-8-9-12-22(3)5-2/h13-18,21-22H,4-12,19-20H2,1-3H3/t22-/m0/s1. The first-order valence-corrected chi connectivity index (χ1v) is 12.2. The Morgan fingerprint density at radius 2 is 1.56 bits per heavy atom. The Morgan fingerprint density at radius 1 is 0.875 bits per heavy atom. The average Bonchev–Trinajstić information content (AvgIpc) is 2.81. The highest BCUT2D eigenvalue weighted by Crippen LogP contribution is 2.26. The molecule has 0 N–H and O–H groups in total. The number of hydrogen-bond acceptors (Lipinski definition) is 3. The summed E-state index contributed by atoms with van der Waals surface area (Å²) in [7, 11) is 0. The van der Waals surface area contributed by atoms with Crippen molar-refractivity contribution in [3.63, 3.8) is 0 Å². The van der Waals surface area contributed by atoms with Crippen LogP contribution in [0.3, 0.4) is 0 Å². The van der Waals surface area contributed by atoms with E-state index in [9.17, 15) is 9.18 Å². The van der Waals surface area contributed by atoms with Gasteiger partial charge in [-0.3, -0.25) is 0 Å². The van der Waals surface area contributed by atoms with E-state index in [1.807, 2.05) is 18.2 Å². The Bertz CT molecular complexity index is 801. The maximum absolute atomic E-state index is 14.5. The molecule has 0 aliphatic carbocycles. The first-order valence-electron chi connectivity index (χ1n) is 12.2. The van der Waals surface area contributed by atoms with Crippen LogP contribution in [0.5, 0.6) is 5.75 Å². The van der Waals surface area contributed by atoms with E-state index in [1.54, 1.807) is 18.2 Å². The molecule has 0 fully saturated rings. The van der Waals surface area contributed by atoms with E-state index in [0.29, 0.717) is 24.5 Å². The molecule has 0 heterocycles. The van der Waals surface area contributed by atoms with Crippen molar-refractivity contribution in [2.45, 2.75) is 78.6 Å². The Morgan fingerprint density at radius 3 is 2.25 bits per heavy atom. The molecule has 32 heavy (non-hydrogen) atoms. The van der Waals surface area contributed by atoms with E-state index < -0.39 is 0 Å². The molecule has 176 valence electrons. The third-order valence-corrected chi connectivity index (χ3v) is 5.91. The third kappa shape index (κ3) is 9.02. The number of unbranched alkanes of at least 4 members (excludes halogenated alkanes) is 5. The lowest BCUT2D eigenvalue weighted by molar-refractivity contribution is 0.0498. The molecule has 0 saturated heterocycles. The van der Waals surface area contributed by atoms with Crippen LogP contribution in [0.15, 0.2) is 42.5 Å². The summed E-state index contributed by atoms with van der Waals surface area (Å²) in [6.07, 6.45) is 9.99. The summed E-state index contributed by atoms with van der Waals surface area (Å²) in [5, 5.41) is 0. The zero-order valence-corrected chi connectivity index (χ0v) is 20.0. The Kier molecular flexibility index (Phi) is 11.9. The van der Waals surface area contributed by atoms with Gasteiger partial charge in [-0.25, -0.2) is 9.18 Å². The van der Waals surface area contributed by atoms with Crippen LogP contribution in [0.4, 0.5) is 4.39 Å². The van der Waals surface area contributed by atoms with Crippen molar-refractivity contribution in [1.82, 2.24) is 0 Å². The number of rotatable bonds is 15. The molecule has 0 amide bonds. The summed E-state index contributed by atoms with van der Waals surface area (Å²) in [4.78, 5) is 12.1. The molecule has 0 bridgehead atoms. The summed E-state index contributed by atoms with van der Waals surface area (Å²) in [6.45, 7) is 7.63. The minimum Gasteiger partial charge on any atom is -0.491 e. The first-order chi connectivity index (χ1) is 15.5. The lowest BCUT2D eigenvalue weighted by Gasteiger charge is -2.10. The smallest absolute Gasteiger partial charge is 0.338 e. The highest BCUT2D eigenvalue weighted by atomic mass is 19.1. The lowest BCUT2D eigenvalue weighted by atomic mass is 10.0. The van der Waals surface area contributed by atoms with Crippen LogP contribution in [0.25, 0.3) is 11.1 Å². The van der Waals surface area contributed by atoms with Crippen LogP contribution < -0.4 is 4.74 Å². The average molecular weight is 443 g/mol. The number of halogens is 1. The predicted octanol–water partition coefficient (Wildman–Crippen LogP) is 8.22. The Hall–Kier alpha value is -2.36. The zero-order chi connectivity index (χ0) is 23.2. The molecular formula is C28H39FO3. The van der Waals surface area contributed by atoms with Crippen LogP contribution in [-0.4, -0.2) is 19.2 Å². The van der Waals surface area contributed by atoms with Crippen LogP contribution in [0.2, 0.25) is 0 Å². The molecule has 2 aromatic carbocycles. The Labute approximate surface area is 193 Å². The molecule has 0 radical (unpaired) electrons. The normalized spacial score (nSPS) is 11.9. The van der Waals surface area contributed by atoms with E-state index in [4.69, 9.17) is 9.47 Å². The van der Waals surface area contributed by atoms with Crippen LogP contribution in [0.1, 0.15) is 88.9 Å². The Balaban J connectivity index is 1.81. The summed E-state index contributed by atoms with van der Waals surface area (Å²) < 4.78 is 25.5. The van der Waals surface area contributed by atoms with Gasteiger partial charge < -0.3 is 9.47 Å². The first kappa shape index (κ1) is 25.9. The number of hydrogen-bond donors (Lipinski definition) is 0. The van der Waals surface area contributed by atoms with Gasteiger partial charge in [0.1, 0.15) is 0 Å². The maximum atomic E-state index is 14.5. The largest absolute Gasteiger partial charge is 0.491 e. The monoisotopic (exact) mass is 442 g/mol. The van der Waals surface area contributed by atoms with Crippen LogP contribution in [-0.2, 0) is 4.74 Å². The fourth-order valence-electron chi connectivity index (χ4n) is 3.53. The second-order valence-corrected chi connectivity index (χ2v) is 8.63. The van der Waals surface area contributed by atoms with Gasteiger partial charge >= 0.3 is 5.97 Å². The molecular weight excluding hydrogens is 403 g/mol. The highest BCUT2D eigenvalue weighted by Gasteiger charge is 2.10. The van der Waals surface area contributed by atoms with E-state index in [-0.39, 0.29) is 11.8 Å². The molecule has 0 spiro atoms. The number of benzene rings is 2. The zero-order valence-electron chi connectivity index (χ0n) is 20.0. The van der Waals surface area contributed by atoms with Crippen LogP contribution in [0, 0.1) is 11.7 Å². The molecule has 1 atom stereocenters. The molecule has 0 saturated carbocycles. The fraction of sp³-hybridized carbons (Fsp3) is 0.536. The van der Waals surface area contributed by atoms with Gasteiger partial charge in [-0.05, 0) is 54.2 Å². The van der Waals surface area contributed by atoms with Crippen molar-refractivity contribution in [3.8, 4) is 16.9 Å². The lowest BCUT2D eigenvalue weighted by Crippen LogP contribution is -2.06. The molecule has 0 aromatic heterocycles. The third-order valence-electron chi connectivity index (χ3n) is 5.91. The topological polar surface area (TPSA) is 35.5 Å². The number of carbonyl (C=O) groups is 1. The summed E-state index contributed by atoms with van der Waals surface area (Å²) in [5.41, 5.74) is 2.11. The molecule has 4 heteroatoms. The molecule has 2 rings (SSSR count). The van der Waals surface area contributed by atoms with Gasteiger partial charge in [0.25, 0.3) is 0 Å². The molecule has 0 unspecified atom stereocenters. The minimum atomic E-state index is -0.363. The summed E-state index contributed by atoms with van der Waals surface area (Å²) >= 11 is 0. The van der Waals surface area contributed by atoms with E-state index in [1.165, 1.54) is 25.3 Å². The molecule has 3 nitrogen and oxygen atoms in total. The predicted molar refractivity (Wildman–Crippen MR) is 130 cm³/mol. The van der Waals surface area contributed by atoms with Gasteiger partial charge in [0.05, 0.1) is 18.8 Å². The van der Waals surface area contributed by atoms with Crippen molar-refractivity contribution in [1.29, 1.82) is 0 Å².